The van der Waals surface area contributed by atoms with Crippen molar-refractivity contribution in [3.63, 3.8) is 0 Å². The Bertz CT molecular complexity index is 1010. The average molecular weight is 289 g/mol. The van der Waals surface area contributed by atoms with Gasteiger partial charge in [0.25, 0.3) is 0 Å². The van der Waals surface area contributed by atoms with Crippen molar-refractivity contribution in [3.05, 3.63) is 60.4 Å². The molecule has 5 nitrogen and oxygen atoms in total. The first-order chi connectivity index (χ1) is 10.7. The van der Waals surface area contributed by atoms with E-state index in [0.29, 0.717) is 11.4 Å². The van der Waals surface area contributed by atoms with E-state index in [-0.39, 0.29) is 5.69 Å². The van der Waals surface area contributed by atoms with Crippen molar-refractivity contribution >= 4 is 27.8 Å². The summed E-state index contributed by atoms with van der Waals surface area (Å²) in [7, 11) is 0. The van der Waals surface area contributed by atoms with Crippen LogP contribution >= 0.6 is 0 Å². The number of aromatic nitrogens is 3. The molecule has 0 aliphatic heterocycles. The number of pyridine rings is 2. The minimum atomic E-state index is -1.05. The molecule has 0 bridgehead atoms. The van der Waals surface area contributed by atoms with Crippen LogP contribution in [0.5, 0.6) is 0 Å². The molecule has 0 saturated carbocycles. The van der Waals surface area contributed by atoms with Crippen LogP contribution in [0.3, 0.4) is 0 Å². The first kappa shape index (κ1) is 12.5. The fraction of sp³-hybridized carbons (Fsp3) is 0. The van der Waals surface area contributed by atoms with Gasteiger partial charge in [-0.2, -0.15) is 0 Å². The Morgan fingerprint density at radius 2 is 1.86 bits per heavy atom. The summed E-state index contributed by atoms with van der Waals surface area (Å²) in [6, 6.07) is 14.9. The lowest BCUT2D eigenvalue weighted by molar-refractivity contribution is 0.0691. The molecule has 22 heavy (non-hydrogen) atoms. The summed E-state index contributed by atoms with van der Waals surface area (Å²) in [5, 5.41) is 11.1. The Balaban J connectivity index is 2.16. The lowest BCUT2D eigenvalue weighted by Crippen LogP contribution is -2.02. The third kappa shape index (κ3) is 1.83. The van der Waals surface area contributed by atoms with Crippen LogP contribution in [0.2, 0.25) is 0 Å². The second-order valence-corrected chi connectivity index (χ2v) is 4.97. The Morgan fingerprint density at radius 3 is 2.64 bits per heavy atom. The molecule has 106 valence electrons. The molecule has 0 aliphatic rings. The number of carboxylic acid groups (broad SMARTS) is 1. The number of nitrogens with zero attached hydrogens (tertiary/aromatic N) is 2. The zero-order valence-electron chi connectivity index (χ0n) is 11.4. The Hall–Kier alpha value is -3.21. The van der Waals surface area contributed by atoms with Gasteiger partial charge >= 0.3 is 5.97 Å². The number of fused-ring (bicyclic) bond motifs is 3. The Morgan fingerprint density at radius 1 is 1.05 bits per heavy atom. The lowest BCUT2D eigenvalue weighted by atomic mass is 10.1. The second-order valence-electron chi connectivity index (χ2n) is 4.97. The van der Waals surface area contributed by atoms with Crippen molar-refractivity contribution in [2.24, 2.45) is 0 Å². The molecule has 0 saturated heterocycles. The zero-order chi connectivity index (χ0) is 15.1. The van der Waals surface area contributed by atoms with E-state index < -0.39 is 5.97 Å². The SMILES string of the molecule is O=C(O)c1cc2c([nH]c3ccccc32)c(-c2ccccn2)n1. The maximum atomic E-state index is 11.4. The molecule has 0 aliphatic carbocycles. The standard InChI is InChI=1S/C17H11N3O2/c21-17(22)14-9-11-10-5-1-2-6-12(10)19-15(11)16(20-14)13-7-3-4-8-18-13/h1-9,19H,(H,21,22). The third-order valence-corrected chi connectivity index (χ3v) is 3.62. The highest BCUT2D eigenvalue weighted by Gasteiger charge is 2.16. The molecule has 0 atom stereocenters. The molecular formula is C17H11N3O2. The largest absolute Gasteiger partial charge is 0.477 e. The van der Waals surface area contributed by atoms with E-state index in [9.17, 15) is 9.90 Å². The van der Waals surface area contributed by atoms with Crippen molar-refractivity contribution in [2.45, 2.75) is 0 Å². The highest BCUT2D eigenvalue weighted by atomic mass is 16.4. The predicted molar refractivity (Wildman–Crippen MR) is 83.8 cm³/mol. The molecule has 0 amide bonds. The number of rotatable bonds is 2. The smallest absolute Gasteiger partial charge is 0.354 e. The highest BCUT2D eigenvalue weighted by molar-refractivity contribution is 6.12. The molecule has 4 rings (SSSR count). The number of H-pyrrole nitrogens is 1. The number of aromatic carboxylic acids is 1. The molecular weight excluding hydrogens is 278 g/mol. The van der Waals surface area contributed by atoms with Gasteiger partial charge in [0, 0.05) is 22.5 Å². The van der Waals surface area contributed by atoms with Gasteiger partial charge in [0.05, 0.1) is 11.2 Å². The number of aromatic amines is 1. The highest BCUT2D eigenvalue weighted by Crippen LogP contribution is 2.31. The van der Waals surface area contributed by atoms with Gasteiger partial charge in [0.1, 0.15) is 11.4 Å². The van der Waals surface area contributed by atoms with Gasteiger partial charge in [-0.1, -0.05) is 24.3 Å². The Kier molecular flexibility index (Phi) is 2.66. The maximum absolute atomic E-state index is 11.4. The molecule has 3 aromatic heterocycles. The normalized spacial score (nSPS) is 11.1. The summed E-state index contributed by atoms with van der Waals surface area (Å²) in [6.45, 7) is 0. The van der Waals surface area contributed by atoms with Crippen LogP contribution < -0.4 is 0 Å². The van der Waals surface area contributed by atoms with Crippen LogP contribution in [-0.4, -0.2) is 26.0 Å². The van der Waals surface area contributed by atoms with Gasteiger partial charge < -0.3 is 10.1 Å². The number of hydrogen-bond donors (Lipinski definition) is 2. The van der Waals surface area contributed by atoms with E-state index in [1.807, 2.05) is 42.5 Å². The minimum Gasteiger partial charge on any atom is -0.477 e. The van der Waals surface area contributed by atoms with Crippen LogP contribution in [-0.2, 0) is 0 Å². The molecule has 0 spiro atoms. The van der Waals surface area contributed by atoms with Crippen LogP contribution in [0, 0.1) is 0 Å². The van der Waals surface area contributed by atoms with Crippen LogP contribution in [0.4, 0.5) is 0 Å². The van der Waals surface area contributed by atoms with Crippen molar-refractivity contribution in [2.75, 3.05) is 0 Å². The number of para-hydroxylation sites is 1. The molecule has 2 N–H and O–H groups in total. The van der Waals surface area contributed by atoms with Gasteiger partial charge in [-0.25, -0.2) is 9.78 Å². The first-order valence-corrected chi connectivity index (χ1v) is 6.80. The van der Waals surface area contributed by atoms with Gasteiger partial charge in [-0.15, -0.1) is 0 Å². The van der Waals surface area contributed by atoms with Crippen molar-refractivity contribution in [1.82, 2.24) is 15.0 Å². The molecule has 1 aromatic carbocycles. The van der Waals surface area contributed by atoms with Gasteiger partial charge in [-0.05, 0) is 24.3 Å². The minimum absolute atomic E-state index is 0.0120. The number of nitrogens with one attached hydrogen (secondary N) is 1. The number of carboxylic acids is 1. The fourth-order valence-electron chi connectivity index (χ4n) is 2.64. The van der Waals surface area contributed by atoms with E-state index in [1.165, 1.54) is 0 Å². The molecule has 0 unspecified atom stereocenters. The summed E-state index contributed by atoms with van der Waals surface area (Å²) in [5.41, 5.74) is 2.94. The lowest BCUT2D eigenvalue weighted by Gasteiger charge is -2.04. The predicted octanol–water partition coefficient (Wildman–Crippen LogP) is 3.48. The second kappa shape index (κ2) is 4.66. The number of hydrogen-bond acceptors (Lipinski definition) is 3. The van der Waals surface area contributed by atoms with Gasteiger partial charge in [0.2, 0.25) is 0 Å². The average Bonchev–Trinajstić information content (AvgIpc) is 2.93. The summed E-state index contributed by atoms with van der Waals surface area (Å²) in [6.07, 6.45) is 1.67. The molecule has 0 radical (unpaired) electrons. The maximum Gasteiger partial charge on any atom is 0.354 e. The summed E-state index contributed by atoms with van der Waals surface area (Å²) in [4.78, 5) is 23.3. The van der Waals surface area contributed by atoms with Crippen molar-refractivity contribution in [1.29, 1.82) is 0 Å². The first-order valence-electron chi connectivity index (χ1n) is 6.80. The van der Waals surface area contributed by atoms with Crippen molar-refractivity contribution in [3.8, 4) is 11.4 Å². The van der Waals surface area contributed by atoms with E-state index in [4.69, 9.17) is 0 Å². The monoisotopic (exact) mass is 289 g/mol. The summed E-state index contributed by atoms with van der Waals surface area (Å²) >= 11 is 0. The molecule has 3 heterocycles. The van der Waals surface area contributed by atoms with Crippen LogP contribution in [0.25, 0.3) is 33.2 Å². The van der Waals surface area contributed by atoms with Gasteiger partial charge in [0.15, 0.2) is 0 Å². The summed E-state index contributed by atoms with van der Waals surface area (Å²) in [5.74, 6) is -1.05. The topological polar surface area (TPSA) is 78.9 Å². The van der Waals surface area contributed by atoms with Crippen LogP contribution in [0.15, 0.2) is 54.7 Å². The third-order valence-electron chi connectivity index (χ3n) is 3.62. The van der Waals surface area contributed by atoms with Crippen molar-refractivity contribution < 1.29 is 9.90 Å². The van der Waals surface area contributed by atoms with E-state index in [0.717, 1.165) is 21.8 Å². The van der Waals surface area contributed by atoms with Crippen LogP contribution in [0.1, 0.15) is 10.5 Å². The zero-order valence-corrected chi connectivity index (χ0v) is 11.4. The van der Waals surface area contributed by atoms with E-state index >= 15 is 0 Å². The fourth-order valence-corrected chi connectivity index (χ4v) is 2.64. The molecule has 4 aromatic rings. The molecule has 5 heteroatoms. The molecule has 0 fully saturated rings. The summed E-state index contributed by atoms with van der Waals surface area (Å²) < 4.78 is 0. The van der Waals surface area contributed by atoms with E-state index in [2.05, 4.69) is 15.0 Å². The quantitative estimate of drug-likeness (QED) is 0.592. The Labute approximate surface area is 125 Å². The van der Waals surface area contributed by atoms with Gasteiger partial charge in [-0.3, -0.25) is 4.98 Å². The van der Waals surface area contributed by atoms with E-state index in [1.54, 1.807) is 12.3 Å². The number of benzene rings is 1. The number of carbonyl (C=O) groups is 1.